The molecule has 2 aliphatic rings. The topological polar surface area (TPSA) is 6.48 Å². The Kier molecular flexibility index (Phi) is 6.72. The molecule has 0 bridgehead atoms. The summed E-state index contributed by atoms with van der Waals surface area (Å²) in [5, 5.41) is 7.75. The fourth-order valence-corrected chi connectivity index (χ4v) is 9.45. The second-order valence-electron chi connectivity index (χ2n) is 15.1. The van der Waals surface area contributed by atoms with Crippen LogP contribution in [0.1, 0.15) is 16.7 Å². The Labute approximate surface area is 316 Å². The van der Waals surface area contributed by atoms with Crippen molar-refractivity contribution in [1.82, 2.24) is 0 Å². The first kappa shape index (κ1) is 31.0. The molecule has 11 rings (SSSR count). The Bertz CT molecular complexity index is 2970. The summed E-state index contributed by atoms with van der Waals surface area (Å²) in [6.45, 7) is 6.76. The fourth-order valence-electron chi connectivity index (χ4n) is 9.45. The van der Waals surface area contributed by atoms with Crippen LogP contribution >= 0.6 is 0 Å². The Morgan fingerprint density at radius 2 is 0.852 bits per heavy atom. The van der Waals surface area contributed by atoms with E-state index in [9.17, 15) is 0 Å². The zero-order valence-electron chi connectivity index (χ0n) is 30.6. The van der Waals surface area contributed by atoms with E-state index in [-0.39, 0.29) is 6.71 Å². The van der Waals surface area contributed by atoms with Gasteiger partial charge >= 0.3 is 0 Å². The SMILES string of the molecule is Cc1ccc2c(c1)B1c3cc(C)ccc3N(c3ccc(C)cc3-c3ccc4c5ccccc5c5ccccc5c4c3)c3cccc(c31)N2c1ccccc1. The summed E-state index contributed by atoms with van der Waals surface area (Å²) in [5.74, 6) is 0. The van der Waals surface area contributed by atoms with Gasteiger partial charge in [-0.05, 0) is 130 Å². The van der Waals surface area contributed by atoms with Crippen molar-refractivity contribution in [1.29, 1.82) is 0 Å². The molecule has 2 nitrogen and oxygen atoms in total. The first-order chi connectivity index (χ1) is 26.5. The molecule has 0 atom stereocenters. The number of para-hydroxylation sites is 1. The van der Waals surface area contributed by atoms with Gasteiger partial charge in [0.25, 0.3) is 6.71 Å². The molecule has 0 saturated carbocycles. The molecule has 254 valence electrons. The second-order valence-corrected chi connectivity index (χ2v) is 15.1. The molecule has 9 aromatic rings. The number of aryl methyl sites for hydroxylation is 3. The highest BCUT2D eigenvalue weighted by atomic mass is 15.2. The van der Waals surface area contributed by atoms with Crippen molar-refractivity contribution >= 4 is 89.5 Å². The molecule has 0 spiro atoms. The van der Waals surface area contributed by atoms with E-state index in [0.717, 1.165) is 0 Å². The van der Waals surface area contributed by atoms with Gasteiger partial charge in [0.15, 0.2) is 0 Å². The van der Waals surface area contributed by atoms with E-state index in [1.165, 1.54) is 111 Å². The van der Waals surface area contributed by atoms with Crippen molar-refractivity contribution in [2.45, 2.75) is 20.8 Å². The van der Waals surface area contributed by atoms with Crippen LogP contribution in [0.25, 0.3) is 43.4 Å². The zero-order valence-corrected chi connectivity index (χ0v) is 30.6. The summed E-state index contributed by atoms with van der Waals surface area (Å²) >= 11 is 0. The zero-order chi connectivity index (χ0) is 36.1. The molecule has 9 aromatic carbocycles. The lowest BCUT2D eigenvalue weighted by molar-refractivity contribution is 1.24. The van der Waals surface area contributed by atoms with Crippen LogP contribution in [0, 0.1) is 20.8 Å². The molecule has 0 fully saturated rings. The van der Waals surface area contributed by atoms with E-state index in [1.807, 2.05) is 0 Å². The lowest BCUT2D eigenvalue weighted by atomic mass is 9.33. The molecule has 0 unspecified atom stereocenters. The standard InChI is InChI=1S/C51H37BN2/c1-32-20-25-46(42(28-32)35-23-24-41-39-16-8-7-14-37(39)38-15-9-10-17-40(38)43(41)31-35)54-48-27-22-34(3)30-45(48)52-44-29-33(2)21-26-47(44)53(36-12-5-4-6-13-36)49-18-11-19-50(54)51(49)52/h4-31H,1-3H3. The van der Waals surface area contributed by atoms with Gasteiger partial charge in [-0.3, -0.25) is 0 Å². The molecule has 54 heavy (non-hydrogen) atoms. The van der Waals surface area contributed by atoms with E-state index >= 15 is 0 Å². The molecular formula is C51H37BN2. The molecule has 0 N–H and O–H groups in total. The summed E-state index contributed by atoms with van der Waals surface area (Å²) in [6, 6.07) is 63.6. The molecule has 0 amide bonds. The number of benzene rings is 9. The Hall–Kier alpha value is -6.58. The van der Waals surface area contributed by atoms with Gasteiger partial charge in [0.1, 0.15) is 0 Å². The van der Waals surface area contributed by atoms with Crippen molar-refractivity contribution < 1.29 is 0 Å². The molecule has 2 aliphatic heterocycles. The maximum atomic E-state index is 2.55. The lowest BCUT2D eigenvalue weighted by Gasteiger charge is -2.44. The third-order valence-electron chi connectivity index (χ3n) is 11.8. The normalized spacial score (nSPS) is 13.0. The quantitative estimate of drug-likeness (QED) is 0.135. The van der Waals surface area contributed by atoms with Crippen LogP contribution in [0.5, 0.6) is 0 Å². The molecule has 0 aromatic heterocycles. The van der Waals surface area contributed by atoms with Crippen LogP contribution < -0.4 is 26.2 Å². The molecule has 0 radical (unpaired) electrons. The van der Waals surface area contributed by atoms with E-state index in [0.29, 0.717) is 0 Å². The third-order valence-corrected chi connectivity index (χ3v) is 11.8. The number of fused-ring (bicyclic) bond motifs is 10. The van der Waals surface area contributed by atoms with Crippen molar-refractivity contribution in [2.24, 2.45) is 0 Å². The van der Waals surface area contributed by atoms with Crippen molar-refractivity contribution in [3.63, 3.8) is 0 Å². The maximum Gasteiger partial charge on any atom is 0.252 e. The van der Waals surface area contributed by atoms with Gasteiger partial charge in [0.05, 0.1) is 5.69 Å². The first-order valence-corrected chi connectivity index (χ1v) is 19.0. The Morgan fingerprint density at radius 3 is 1.48 bits per heavy atom. The van der Waals surface area contributed by atoms with Gasteiger partial charge in [-0.15, -0.1) is 0 Å². The van der Waals surface area contributed by atoms with Gasteiger partial charge in [0, 0.05) is 34.0 Å². The minimum absolute atomic E-state index is 0.103. The van der Waals surface area contributed by atoms with Gasteiger partial charge < -0.3 is 9.80 Å². The first-order valence-electron chi connectivity index (χ1n) is 19.0. The smallest absolute Gasteiger partial charge is 0.252 e. The lowest BCUT2D eigenvalue weighted by Crippen LogP contribution is -2.61. The van der Waals surface area contributed by atoms with Gasteiger partial charge in [-0.1, -0.05) is 132 Å². The molecule has 2 heterocycles. The van der Waals surface area contributed by atoms with E-state index in [2.05, 4.69) is 200 Å². The van der Waals surface area contributed by atoms with Crippen LogP contribution in [0.2, 0.25) is 0 Å². The third kappa shape index (κ3) is 4.48. The predicted octanol–water partition coefficient (Wildman–Crippen LogP) is 11.8. The summed E-state index contributed by atoms with van der Waals surface area (Å²) in [6.07, 6.45) is 0. The number of nitrogens with zero attached hydrogens (tertiary/aromatic N) is 2. The van der Waals surface area contributed by atoms with Crippen molar-refractivity contribution in [2.75, 3.05) is 9.80 Å². The largest absolute Gasteiger partial charge is 0.311 e. The number of hydrogen-bond acceptors (Lipinski definition) is 2. The van der Waals surface area contributed by atoms with Crippen LogP contribution in [-0.4, -0.2) is 6.71 Å². The number of anilines is 6. The number of hydrogen-bond donors (Lipinski definition) is 0. The highest BCUT2D eigenvalue weighted by molar-refractivity contribution is 7.00. The highest BCUT2D eigenvalue weighted by Gasteiger charge is 2.43. The van der Waals surface area contributed by atoms with E-state index < -0.39 is 0 Å². The molecule has 0 aliphatic carbocycles. The average molecular weight is 689 g/mol. The number of rotatable bonds is 3. The van der Waals surface area contributed by atoms with E-state index in [1.54, 1.807) is 0 Å². The van der Waals surface area contributed by atoms with Gasteiger partial charge in [0.2, 0.25) is 0 Å². The second kappa shape index (κ2) is 11.7. The van der Waals surface area contributed by atoms with Crippen LogP contribution in [-0.2, 0) is 0 Å². The molecular weight excluding hydrogens is 651 g/mol. The molecule has 3 heteroatoms. The Morgan fingerprint density at radius 1 is 0.352 bits per heavy atom. The minimum atomic E-state index is 0.103. The van der Waals surface area contributed by atoms with E-state index in [4.69, 9.17) is 0 Å². The average Bonchev–Trinajstić information content (AvgIpc) is 3.21. The summed E-state index contributed by atoms with van der Waals surface area (Å²) in [7, 11) is 0. The Balaban J connectivity index is 1.19. The summed E-state index contributed by atoms with van der Waals surface area (Å²) < 4.78 is 0. The van der Waals surface area contributed by atoms with Crippen LogP contribution in [0.4, 0.5) is 34.1 Å². The van der Waals surface area contributed by atoms with Gasteiger partial charge in [-0.2, -0.15) is 0 Å². The monoisotopic (exact) mass is 688 g/mol. The van der Waals surface area contributed by atoms with Gasteiger partial charge in [-0.25, -0.2) is 0 Å². The van der Waals surface area contributed by atoms with Crippen molar-refractivity contribution in [3.8, 4) is 11.1 Å². The van der Waals surface area contributed by atoms with Crippen LogP contribution in [0.15, 0.2) is 170 Å². The summed E-state index contributed by atoms with van der Waals surface area (Å²) in [4.78, 5) is 5.02. The minimum Gasteiger partial charge on any atom is -0.311 e. The summed E-state index contributed by atoms with van der Waals surface area (Å²) in [5.41, 5.74) is 17.6. The van der Waals surface area contributed by atoms with Crippen LogP contribution in [0.3, 0.4) is 0 Å². The maximum absolute atomic E-state index is 2.55. The molecule has 0 saturated heterocycles. The highest BCUT2D eigenvalue weighted by Crippen LogP contribution is 2.47. The predicted molar refractivity (Wildman–Crippen MR) is 233 cm³/mol. The van der Waals surface area contributed by atoms with Crippen molar-refractivity contribution in [3.05, 3.63) is 187 Å². The fraction of sp³-hybridized carbons (Fsp3) is 0.0588.